The molecule has 0 saturated heterocycles. The monoisotopic (exact) mass is 329 g/mol. The first-order valence-electron chi connectivity index (χ1n) is 6.12. The number of pyridine rings is 1. The van der Waals surface area contributed by atoms with Gasteiger partial charge in [-0.15, -0.1) is 0 Å². The van der Waals surface area contributed by atoms with E-state index in [4.69, 9.17) is 9.47 Å². The fraction of sp³-hybridized carbons (Fsp3) is 0.0625. The quantitative estimate of drug-likeness (QED) is 0.691. The van der Waals surface area contributed by atoms with E-state index < -0.39 is 0 Å². The van der Waals surface area contributed by atoms with Crippen LogP contribution < -0.4 is 9.47 Å². The summed E-state index contributed by atoms with van der Waals surface area (Å²) in [6.45, 7) is 0. The number of methoxy groups -OCH3 is 1. The van der Waals surface area contributed by atoms with Crippen LogP contribution in [0.4, 0.5) is 0 Å². The Bertz CT molecular complexity index is 741. The largest absolute Gasteiger partial charge is 0.497 e. The fourth-order valence-corrected chi connectivity index (χ4v) is 2.21. The van der Waals surface area contributed by atoms with Crippen LogP contribution in [0.3, 0.4) is 0 Å². The first-order chi connectivity index (χ1) is 9.76. The van der Waals surface area contributed by atoms with Crippen LogP contribution in [-0.4, -0.2) is 12.1 Å². The number of aromatic nitrogens is 1. The molecule has 0 aliphatic carbocycles. The van der Waals surface area contributed by atoms with Crippen molar-refractivity contribution in [3.63, 3.8) is 0 Å². The first-order valence-corrected chi connectivity index (χ1v) is 6.92. The zero-order valence-corrected chi connectivity index (χ0v) is 12.4. The van der Waals surface area contributed by atoms with Crippen LogP contribution in [0.15, 0.2) is 59.2 Å². The third-order valence-electron chi connectivity index (χ3n) is 2.96. The minimum atomic E-state index is 0.573. The molecule has 3 aromatic rings. The molecule has 2 aromatic carbocycles. The zero-order valence-electron chi connectivity index (χ0n) is 10.8. The maximum Gasteiger partial charge on any atom is 0.227 e. The number of fused-ring (bicyclic) bond motifs is 1. The topological polar surface area (TPSA) is 31.4 Å². The summed E-state index contributed by atoms with van der Waals surface area (Å²) in [6.07, 6.45) is 1.74. The van der Waals surface area contributed by atoms with Crippen molar-refractivity contribution in [1.29, 1.82) is 0 Å². The Labute approximate surface area is 125 Å². The Balaban J connectivity index is 2.04. The van der Waals surface area contributed by atoms with E-state index in [1.54, 1.807) is 13.3 Å². The van der Waals surface area contributed by atoms with Crippen LogP contribution in [0.1, 0.15) is 0 Å². The van der Waals surface area contributed by atoms with Crippen molar-refractivity contribution in [3.8, 4) is 17.4 Å². The number of hydrogen-bond acceptors (Lipinski definition) is 3. The molecule has 0 aliphatic rings. The number of halogens is 1. The number of ether oxygens (including phenoxy) is 2. The van der Waals surface area contributed by atoms with Crippen molar-refractivity contribution in [2.75, 3.05) is 7.11 Å². The van der Waals surface area contributed by atoms with Crippen molar-refractivity contribution < 1.29 is 9.47 Å². The minimum Gasteiger partial charge on any atom is -0.497 e. The fourth-order valence-electron chi connectivity index (χ4n) is 1.94. The summed E-state index contributed by atoms with van der Waals surface area (Å²) in [6, 6.07) is 15.4. The lowest BCUT2D eigenvalue weighted by molar-refractivity contribution is 0.415. The highest BCUT2D eigenvalue weighted by atomic mass is 79.9. The molecular formula is C16H12BrNO2. The van der Waals surface area contributed by atoms with Gasteiger partial charge in [0.15, 0.2) is 0 Å². The van der Waals surface area contributed by atoms with Gasteiger partial charge < -0.3 is 9.47 Å². The molecule has 3 nitrogen and oxygen atoms in total. The third-order valence-corrected chi connectivity index (χ3v) is 3.49. The van der Waals surface area contributed by atoms with Crippen LogP contribution in [0.25, 0.3) is 10.8 Å². The van der Waals surface area contributed by atoms with Crippen molar-refractivity contribution in [1.82, 2.24) is 4.98 Å². The lowest BCUT2D eigenvalue weighted by atomic mass is 10.1. The third kappa shape index (κ3) is 2.60. The predicted molar refractivity (Wildman–Crippen MR) is 82.5 cm³/mol. The molecule has 0 radical (unpaired) electrons. The summed E-state index contributed by atoms with van der Waals surface area (Å²) in [5, 5.41) is 1.99. The second-order valence-electron chi connectivity index (χ2n) is 4.26. The molecule has 0 aliphatic heterocycles. The molecule has 1 heterocycles. The van der Waals surface area contributed by atoms with Gasteiger partial charge in [0.2, 0.25) is 5.88 Å². The number of hydrogen-bond donors (Lipinski definition) is 0. The van der Waals surface area contributed by atoms with Gasteiger partial charge in [0, 0.05) is 16.1 Å². The van der Waals surface area contributed by atoms with Crippen LogP contribution in [0, 0.1) is 0 Å². The standard InChI is InChI=1S/C16H12BrNO2/c1-19-14-5-2-11-8-9-18-16(15(11)10-14)20-13-6-3-12(17)4-7-13/h2-10H,1H3. The van der Waals surface area contributed by atoms with Crippen LogP contribution >= 0.6 is 15.9 Å². The smallest absolute Gasteiger partial charge is 0.227 e. The molecule has 0 fully saturated rings. The summed E-state index contributed by atoms with van der Waals surface area (Å²) in [4.78, 5) is 4.31. The predicted octanol–water partition coefficient (Wildman–Crippen LogP) is 4.80. The lowest BCUT2D eigenvalue weighted by Crippen LogP contribution is -1.90. The Morgan fingerprint density at radius 3 is 2.45 bits per heavy atom. The summed E-state index contributed by atoms with van der Waals surface area (Å²) in [5.74, 6) is 2.10. The Morgan fingerprint density at radius 2 is 1.70 bits per heavy atom. The molecule has 4 heteroatoms. The zero-order chi connectivity index (χ0) is 13.9. The maximum atomic E-state index is 5.86. The Kier molecular flexibility index (Phi) is 3.56. The van der Waals surface area contributed by atoms with Crippen molar-refractivity contribution in [3.05, 3.63) is 59.2 Å². The second kappa shape index (κ2) is 5.51. The normalized spacial score (nSPS) is 10.5. The molecule has 0 spiro atoms. The van der Waals surface area contributed by atoms with E-state index in [0.717, 1.165) is 26.7 Å². The molecule has 3 rings (SSSR count). The molecular weight excluding hydrogens is 318 g/mol. The van der Waals surface area contributed by atoms with Crippen molar-refractivity contribution in [2.45, 2.75) is 0 Å². The van der Waals surface area contributed by atoms with Gasteiger partial charge in [-0.3, -0.25) is 0 Å². The highest BCUT2D eigenvalue weighted by molar-refractivity contribution is 9.10. The summed E-state index contributed by atoms with van der Waals surface area (Å²) >= 11 is 3.40. The highest BCUT2D eigenvalue weighted by Gasteiger charge is 2.06. The minimum absolute atomic E-state index is 0.573. The molecule has 0 N–H and O–H groups in total. The van der Waals surface area contributed by atoms with Gasteiger partial charge in [-0.25, -0.2) is 4.98 Å². The van der Waals surface area contributed by atoms with Crippen molar-refractivity contribution in [2.24, 2.45) is 0 Å². The number of rotatable bonds is 3. The van der Waals surface area contributed by atoms with E-state index in [0.29, 0.717) is 5.88 Å². The molecule has 20 heavy (non-hydrogen) atoms. The van der Waals surface area contributed by atoms with E-state index in [1.165, 1.54) is 0 Å². The Morgan fingerprint density at radius 1 is 0.950 bits per heavy atom. The van der Waals surface area contributed by atoms with Gasteiger partial charge in [-0.2, -0.15) is 0 Å². The van der Waals surface area contributed by atoms with Gasteiger partial charge >= 0.3 is 0 Å². The number of benzene rings is 2. The number of nitrogens with zero attached hydrogens (tertiary/aromatic N) is 1. The van der Waals surface area contributed by atoms with Gasteiger partial charge in [0.05, 0.1) is 7.11 Å². The van der Waals surface area contributed by atoms with Gasteiger partial charge in [0.25, 0.3) is 0 Å². The van der Waals surface area contributed by atoms with Crippen LogP contribution in [-0.2, 0) is 0 Å². The van der Waals surface area contributed by atoms with Crippen LogP contribution in [0.2, 0.25) is 0 Å². The maximum absolute atomic E-state index is 5.86. The van der Waals surface area contributed by atoms with E-state index in [9.17, 15) is 0 Å². The van der Waals surface area contributed by atoms with E-state index in [-0.39, 0.29) is 0 Å². The molecule has 1 aromatic heterocycles. The average molecular weight is 330 g/mol. The molecule has 0 bridgehead atoms. The molecule has 100 valence electrons. The molecule has 0 unspecified atom stereocenters. The first kappa shape index (κ1) is 12.9. The van der Waals surface area contributed by atoms with Crippen LogP contribution in [0.5, 0.6) is 17.4 Å². The molecule has 0 atom stereocenters. The van der Waals surface area contributed by atoms with E-state index in [1.807, 2.05) is 48.5 Å². The second-order valence-corrected chi connectivity index (χ2v) is 5.17. The highest BCUT2D eigenvalue weighted by Crippen LogP contribution is 2.30. The Hall–Kier alpha value is -2.07. The van der Waals surface area contributed by atoms with Gasteiger partial charge in [-0.05, 0) is 47.9 Å². The molecule has 0 saturated carbocycles. The summed E-state index contributed by atoms with van der Waals surface area (Å²) in [7, 11) is 1.65. The lowest BCUT2D eigenvalue weighted by Gasteiger charge is -2.09. The van der Waals surface area contributed by atoms with E-state index in [2.05, 4.69) is 20.9 Å². The average Bonchev–Trinajstić information content (AvgIpc) is 2.49. The SMILES string of the molecule is COc1ccc2ccnc(Oc3ccc(Br)cc3)c2c1. The molecule has 0 amide bonds. The van der Waals surface area contributed by atoms with E-state index >= 15 is 0 Å². The summed E-state index contributed by atoms with van der Waals surface area (Å²) in [5.41, 5.74) is 0. The summed E-state index contributed by atoms with van der Waals surface area (Å²) < 4.78 is 12.1. The van der Waals surface area contributed by atoms with Gasteiger partial charge in [-0.1, -0.05) is 22.0 Å². The van der Waals surface area contributed by atoms with Gasteiger partial charge in [0.1, 0.15) is 11.5 Å². The van der Waals surface area contributed by atoms with Crippen molar-refractivity contribution >= 4 is 26.7 Å².